The third kappa shape index (κ3) is 2.43. The smallest absolute Gasteiger partial charge is 0.325 e. The number of carboxylic acid groups (broad SMARTS) is 1. The fourth-order valence-corrected chi connectivity index (χ4v) is 1.58. The van der Waals surface area contributed by atoms with Crippen LogP contribution >= 0.6 is 0 Å². The largest absolute Gasteiger partial charge is 0.480 e. The number of hydrogen-bond acceptors (Lipinski definition) is 4. The average Bonchev–Trinajstić information content (AvgIpc) is 2.76. The molecule has 1 aliphatic heterocycles. The van der Waals surface area contributed by atoms with Crippen molar-refractivity contribution in [3.8, 4) is 0 Å². The molecule has 0 amide bonds. The van der Waals surface area contributed by atoms with E-state index in [0.717, 1.165) is 16.9 Å². The first-order valence-corrected chi connectivity index (χ1v) is 5.50. The molecule has 0 unspecified atom stereocenters. The van der Waals surface area contributed by atoms with Gasteiger partial charge in [-0.15, -0.1) is 5.10 Å². The van der Waals surface area contributed by atoms with Gasteiger partial charge in [0.1, 0.15) is 11.7 Å². The Morgan fingerprint density at radius 3 is 2.61 bits per heavy atom. The predicted molar refractivity (Wildman–Crippen MR) is 69.3 cm³/mol. The van der Waals surface area contributed by atoms with Gasteiger partial charge < -0.3 is 10.4 Å². The molecule has 1 atom stereocenters. The Kier molecular flexibility index (Phi) is 3.20. The van der Waals surface area contributed by atoms with Gasteiger partial charge in [0.2, 0.25) is 0 Å². The van der Waals surface area contributed by atoms with Gasteiger partial charge in [0.25, 0.3) is 0 Å². The molecule has 0 saturated carbocycles. The molecule has 1 aromatic carbocycles. The van der Waals surface area contributed by atoms with Crippen molar-refractivity contribution in [3.05, 3.63) is 35.6 Å². The summed E-state index contributed by atoms with van der Waals surface area (Å²) in [6.07, 6.45) is 0. The van der Waals surface area contributed by atoms with Gasteiger partial charge in [-0.3, -0.25) is 9.80 Å². The highest BCUT2D eigenvalue weighted by Gasteiger charge is 2.11. The lowest BCUT2D eigenvalue weighted by atomic mass is 10.1. The minimum atomic E-state index is -0.881. The number of hydrazone groups is 1. The quantitative estimate of drug-likeness (QED) is 0.788. The molecular weight excluding hydrogens is 230 g/mol. The van der Waals surface area contributed by atoms with Gasteiger partial charge in [-0.1, -0.05) is 12.1 Å². The second-order valence-corrected chi connectivity index (χ2v) is 3.99. The number of nitrogens with zero attached hydrogens (tertiary/aromatic N) is 2. The van der Waals surface area contributed by atoms with Crippen molar-refractivity contribution in [1.82, 2.24) is 5.01 Å². The summed E-state index contributed by atoms with van der Waals surface area (Å²) in [5.41, 5.74) is 5.47. The van der Waals surface area contributed by atoms with Crippen molar-refractivity contribution >= 4 is 23.2 Å². The zero-order chi connectivity index (χ0) is 13.1. The van der Waals surface area contributed by atoms with Crippen LogP contribution < -0.4 is 5.32 Å². The number of nitrogens with one attached hydrogen (secondary N) is 1. The van der Waals surface area contributed by atoms with Crippen LogP contribution in [0.4, 0.5) is 5.69 Å². The Morgan fingerprint density at radius 2 is 2.11 bits per heavy atom. The number of carbonyl (C=O) groups is 1. The van der Waals surface area contributed by atoms with Crippen LogP contribution in [-0.4, -0.2) is 35.0 Å². The van der Waals surface area contributed by atoms with Crippen LogP contribution in [-0.2, 0) is 4.79 Å². The van der Waals surface area contributed by atoms with Crippen molar-refractivity contribution in [2.24, 2.45) is 5.10 Å². The normalized spacial score (nSPS) is 14.6. The van der Waals surface area contributed by atoms with E-state index in [9.17, 15) is 4.79 Å². The van der Waals surface area contributed by atoms with E-state index < -0.39 is 12.0 Å². The second-order valence-electron chi connectivity index (χ2n) is 3.99. The third-order valence-corrected chi connectivity index (χ3v) is 2.61. The van der Waals surface area contributed by atoms with Gasteiger partial charge in [-0.05, 0) is 24.8 Å². The molecule has 0 radical (unpaired) electrons. The van der Waals surface area contributed by atoms with Gasteiger partial charge >= 0.3 is 5.97 Å². The van der Waals surface area contributed by atoms with E-state index in [1.54, 1.807) is 11.9 Å². The molecule has 2 N–H and O–H groups in total. The van der Waals surface area contributed by atoms with Crippen LogP contribution in [0, 0.1) is 0 Å². The highest BCUT2D eigenvalue weighted by molar-refractivity contribution is 5.78. The fraction of sp³-hybridized carbons (Fsp3) is 0.231. The SMILES string of the molecule is C[C@H](Nc1ccc(C2=C=C=NN2C)cc1)C(=O)O. The monoisotopic (exact) mass is 243 g/mol. The van der Waals surface area contributed by atoms with Gasteiger partial charge in [-0.2, -0.15) is 0 Å². The molecule has 5 heteroatoms. The number of aliphatic carboxylic acids is 1. The van der Waals surface area contributed by atoms with E-state index in [1.807, 2.05) is 31.3 Å². The lowest BCUT2D eigenvalue weighted by molar-refractivity contribution is -0.137. The Morgan fingerprint density at radius 1 is 1.44 bits per heavy atom. The maximum absolute atomic E-state index is 10.7. The topological polar surface area (TPSA) is 64.9 Å². The Balaban J connectivity index is 2.14. The maximum Gasteiger partial charge on any atom is 0.325 e. The Bertz CT molecular complexity index is 564. The molecule has 0 fully saturated rings. The molecule has 1 aromatic rings. The summed E-state index contributed by atoms with van der Waals surface area (Å²) in [5, 5.41) is 17.3. The highest BCUT2D eigenvalue weighted by Crippen LogP contribution is 2.20. The maximum atomic E-state index is 10.7. The van der Waals surface area contributed by atoms with Crippen LogP contribution in [0.5, 0.6) is 0 Å². The Hall–Kier alpha value is -2.48. The van der Waals surface area contributed by atoms with Gasteiger partial charge in [0.15, 0.2) is 0 Å². The standard InChI is InChI=1S/C13H13N3O2/c1-9(13(17)18)15-11-5-3-10(4-6-11)12-7-8-14-16(12)2/h3-6,9,15H,1-2H3,(H,17,18)/t9-/m0/s1. The van der Waals surface area contributed by atoms with Crippen molar-refractivity contribution in [3.63, 3.8) is 0 Å². The van der Waals surface area contributed by atoms with Gasteiger partial charge in [-0.25, -0.2) is 0 Å². The van der Waals surface area contributed by atoms with E-state index in [1.165, 1.54) is 0 Å². The van der Waals surface area contributed by atoms with Crippen molar-refractivity contribution in [1.29, 1.82) is 0 Å². The van der Waals surface area contributed by atoms with Crippen molar-refractivity contribution in [2.45, 2.75) is 13.0 Å². The molecular formula is C13H13N3O2. The van der Waals surface area contributed by atoms with Gasteiger partial charge in [0, 0.05) is 18.3 Å². The molecule has 0 spiro atoms. The molecule has 0 aliphatic carbocycles. The van der Waals surface area contributed by atoms with Crippen LogP contribution in [0.1, 0.15) is 12.5 Å². The highest BCUT2D eigenvalue weighted by atomic mass is 16.4. The van der Waals surface area contributed by atoms with Crippen LogP contribution in [0.15, 0.2) is 35.1 Å². The molecule has 0 bridgehead atoms. The molecule has 92 valence electrons. The summed E-state index contributed by atoms with van der Waals surface area (Å²) >= 11 is 0. The van der Waals surface area contributed by atoms with E-state index in [-0.39, 0.29) is 0 Å². The molecule has 18 heavy (non-hydrogen) atoms. The third-order valence-electron chi connectivity index (χ3n) is 2.61. The minimum Gasteiger partial charge on any atom is -0.480 e. The summed E-state index contributed by atoms with van der Waals surface area (Å²) in [6, 6.07) is 6.81. The number of hydrogen-bond donors (Lipinski definition) is 2. The summed E-state index contributed by atoms with van der Waals surface area (Å²) in [7, 11) is 1.82. The van der Waals surface area contributed by atoms with E-state index in [2.05, 4.69) is 22.0 Å². The summed E-state index contributed by atoms with van der Waals surface area (Å²) in [5.74, 6) is 1.77. The predicted octanol–water partition coefficient (Wildman–Crippen LogP) is 1.60. The summed E-state index contributed by atoms with van der Waals surface area (Å²) < 4.78 is 0. The molecule has 0 saturated heterocycles. The van der Waals surface area contributed by atoms with Crippen LogP contribution in [0.3, 0.4) is 0 Å². The average molecular weight is 243 g/mol. The van der Waals surface area contributed by atoms with Crippen LogP contribution in [0.2, 0.25) is 0 Å². The van der Waals surface area contributed by atoms with Crippen molar-refractivity contribution in [2.75, 3.05) is 12.4 Å². The second kappa shape index (κ2) is 4.80. The minimum absolute atomic E-state index is 0.618. The van der Waals surface area contributed by atoms with Crippen molar-refractivity contribution < 1.29 is 9.90 Å². The summed E-state index contributed by atoms with van der Waals surface area (Å²) in [4.78, 5) is 10.7. The molecule has 1 aliphatic rings. The molecule has 5 nitrogen and oxygen atoms in total. The van der Waals surface area contributed by atoms with E-state index in [4.69, 9.17) is 5.11 Å². The van der Waals surface area contributed by atoms with E-state index >= 15 is 0 Å². The lowest BCUT2D eigenvalue weighted by Gasteiger charge is -2.13. The molecule has 0 aromatic heterocycles. The first kappa shape index (κ1) is 12.0. The number of benzene rings is 1. The lowest BCUT2D eigenvalue weighted by Crippen LogP contribution is -2.25. The number of rotatable bonds is 4. The van der Waals surface area contributed by atoms with Gasteiger partial charge in [0.05, 0.1) is 5.87 Å². The zero-order valence-corrected chi connectivity index (χ0v) is 10.1. The molecule has 1 heterocycles. The first-order valence-electron chi connectivity index (χ1n) is 5.50. The molecule has 2 rings (SSSR count). The fourth-order valence-electron chi connectivity index (χ4n) is 1.58. The first-order chi connectivity index (χ1) is 8.58. The Labute approximate surface area is 105 Å². The number of carboxylic acids is 1. The zero-order valence-electron chi connectivity index (χ0n) is 10.1. The van der Waals surface area contributed by atoms with Crippen LogP contribution in [0.25, 0.3) is 5.70 Å². The number of anilines is 1. The van der Waals surface area contributed by atoms with E-state index in [0.29, 0.717) is 0 Å². The summed E-state index contributed by atoms with van der Waals surface area (Å²) in [6.45, 7) is 1.60.